The van der Waals surface area contributed by atoms with Crippen LogP contribution in [-0.2, 0) is 31.0 Å². The molecule has 3 fully saturated rings. The number of aromatic hydroxyl groups is 2. The Morgan fingerprint density at radius 2 is 1.59 bits per heavy atom. The number of hydrogen-bond donors (Lipinski definition) is 3. The second-order valence-corrected chi connectivity index (χ2v) is 14.8. The van der Waals surface area contributed by atoms with Crippen LogP contribution >= 0.6 is 11.6 Å². The largest absolute Gasteiger partial charge is 0.508 e. The van der Waals surface area contributed by atoms with Crippen molar-refractivity contribution >= 4 is 52.6 Å². The molecule has 9 rings (SSSR count). The number of carboxylic acid groups (broad SMARTS) is 1. The zero-order valence-electron chi connectivity index (χ0n) is 28.4. The van der Waals surface area contributed by atoms with Crippen molar-refractivity contribution in [3.63, 3.8) is 0 Å². The number of rotatable bonds is 5. The van der Waals surface area contributed by atoms with Gasteiger partial charge in [-0.15, -0.1) is 0 Å². The van der Waals surface area contributed by atoms with Crippen molar-refractivity contribution in [3.8, 4) is 17.2 Å². The van der Waals surface area contributed by atoms with Gasteiger partial charge in [0.05, 0.1) is 40.8 Å². The number of carbonyl (C=O) groups is 5. The normalized spacial score (nSPS) is 27.0. The van der Waals surface area contributed by atoms with Gasteiger partial charge < -0.3 is 20.1 Å². The molecule has 0 spiro atoms. The van der Waals surface area contributed by atoms with E-state index in [4.69, 9.17) is 16.3 Å². The lowest BCUT2D eigenvalue weighted by molar-refractivity contribution is -0.128. The fourth-order valence-electron chi connectivity index (χ4n) is 9.65. The third-order valence-electron chi connectivity index (χ3n) is 11.8. The molecular formula is C42H31ClN2O9. The van der Waals surface area contributed by atoms with Crippen LogP contribution in [0, 0.1) is 29.6 Å². The predicted octanol–water partition coefficient (Wildman–Crippen LogP) is 6.17. The summed E-state index contributed by atoms with van der Waals surface area (Å²) in [6.45, 7) is 0. The highest BCUT2D eigenvalue weighted by Crippen LogP contribution is 2.64. The van der Waals surface area contributed by atoms with Gasteiger partial charge in [0.15, 0.2) is 0 Å². The van der Waals surface area contributed by atoms with Gasteiger partial charge in [-0.1, -0.05) is 59.6 Å². The monoisotopic (exact) mass is 742 g/mol. The number of aromatic carboxylic acids is 1. The van der Waals surface area contributed by atoms with Crippen LogP contribution in [0.5, 0.6) is 17.2 Å². The molecule has 1 saturated carbocycles. The average Bonchev–Trinajstić information content (AvgIpc) is 3.55. The number of amides is 4. The van der Waals surface area contributed by atoms with Gasteiger partial charge in [-0.25, -0.2) is 14.6 Å². The Balaban J connectivity index is 1.23. The minimum Gasteiger partial charge on any atom is -0.508 e. The van der Waals surface area contributed by atoms with Crippen molar-refractivity contribution in [2.75, 3.05) is 9.80 Å². The summed E-state index contributed by atoms with van der Waals surface area (Å²) in [4.78, 5) is 72.8. The van der Waals surface area contributed by atoms with E-state index in [9.17, 15) is 34.5 Å². The molecule has 0 aromatic heterocycles. The molecule has 0 unspecified atom stereocenters. The van der Waals surface area contributed by atoms with Crippen molar-refractivity contribution in [2.24, 2.45) is 29.6 Å². The molecule has 4 aromatic carbocycles. The molecule has 3 N–H and O–H groups in total. The summed E-state index contributed by atoms with van der Waals surface area (Å²) in [5.41, 5.74) is 1.15. The van der Waals surface area contributed by atoms with E-state index < -0.39 is 70.4 Å². The summed E-state index contributed by atoms with van der Waals surface area (Å²) in [6.07, 6.45) is 4.02. The maximum Gasteiger partial charge on any atom is 0.339 e. The van der Waals surface area contributed by atoms with Gasteiger partial charge in [-0.05, 0) is 78.4 Å². The van der Waals surface area contributed by atoms with Gasteiger partial charge in [-0.2, -0.15) is 0 Å². The second kappa shape index (κ2) is 12.2. The fourth-order valence-corrected chi connectivity index (χ4v) is 9.84. The molecule has 0 bridgehead atoms. The SMILES string of the molecule is O=C(O)c1ccc(N2C(=O)[C@H]3[C@H](CC=C4[C@H](C5=COc6ccc(O)cc6C5)[C@]5(c6ccccc6)C(=O)N(c6cccc(Cl)c6)C(=O)[C@@H]5C[C@H]43)C2=O)cc1O. The Morgan fingerprint density at radius 1 is 0.815 bits per heavy atom. The number of phenols is 2. The van der Waals surface area contributed by atoms with E-state index in [2.05, 4.69) is 0 Å². The first-order chi connectivity index (χ1) is 26.0. The lowest BCUT2D eigenvalue weighted by atomic mass is 9.48. The van der Waals surface area contributed by atoms with Crippen molar-refractivity contribution in [1.29, 1.82) is 0 Å². The molecule has 0 radical (unpaired) electrons. The number of carboxylic acids is 1. The van der Waals surface area contributed by atoms with Crippen LogP contribution in [0.1, 0.15) is 34.3 Å². The number of benzene rings is 4. The summed E-state index contributed by atoms with van der Waals surface area (Å²) in [5, 5.41) is 30.7. The molecule has 6 atom stereocenters. The van der Waals surface area contributed by atoms with E-state index in [1.165, 1.54) is 17.0 Å². The number of hydrogen-bond acceptors (Lipinski definition) is 8. The molecular weight excluding hydrogens is 712 g/mol. The molecule has 12 heteroatoms. The number of nitrogens with zero attached hydrogens (tertiary/aromatic N) is 2. The number of imide groups is 2. The summed E-state index contributed by atoms with van der Waals surface area (Å²) >= 11 is 6.40. The van der Waals surface area contributed by atoms with E-state index in [0.29, 0.717) is 33.2 Å². The van der Waals surface area contributed by atoms with Crippen LogP contribution in [0.15, 0.2) is 114 Å². The lowest BCUT2D eigenvalue weighted by Gasteiger charge is -2.51. The molecule has 2 aliphatic carbocycles. The predicted molar refractivity (Wildman–Crippen MR) is 195 cm³/mol. The number of allylic oxidation sites excluding steroid dienone is 3. The number of carbonyl (C=O) groups excluding carboxylic acids is 4. The minimum atomic E-state index is -1.50. The summed E-state index contributed by atoms with van der Waals surface area (Å²) in [5.74, 6) is -7.52. The van der Waals surface area contributed by atoms with Gasteiger partial charge in [0.1, 0.15) is 22.8 Å². The van der Waals surface area contributed by atoms with Crippen LogP contribution in [-0.4, -0.2) is 44.9 Å². The molecule has 5 aliphatic rings. The van der Waals surface area contributed by atoms with Gasteiger partial charge in [-0.3, -0.25) is 19.2 Å². The fraction of sp³-hybridized carbons (Fsp3) is 0.214. The Morgan fingerprint density at radius 3 is 2.33 bits per heavy atom. The van der Waals surface area contributed by atoms with Crippen LogP contribution in [0.3, 0.4) is 0 Å². The quantitative estimate of drug-likeness (QED) is 0.161. The van der Waals surface area contributed by atoms with E-state index in [0.717, 1.165) is 22.6 Å². The summed E-state index contributed by atoms with van der Waals surface area (Å²) in [7, 11) is 0. The standard InChI is InChI=1S/C42H31ClN2O9/c43-24-7-4-8-25(17-24)45-38(49)32-19-31-28(12-13-30-35(31)39(50)44(37(30)48)26-9-11-29(40(51)52)33(47)18-26)36(42(32,41(45)53)23-5-2-1-3-6-23)22-15-21-16-27(46)10-14-34(21)54-20-22/h1-12,14,16-18,20,30-32,35-36,46-47H,13,15,19H2,(H,51,52)/t30-,31+,32-,35-,36-,42+/m0/s1. The van der Waals surface area contributed by atoms with Crippen LogP contribution in [0.4, 0.5) is 11.4 Å². The van der Waals surface area contributed by atoms with Crippen LogP contribution in [0.2, 0.25) is 5.02 Å². The maximum absolute atomic E-state index is 15.4. The van der Waals surface area contributed by atoms with Gasteiger partial charge >= 0.3 is 5.97 Å². The maximum atomic E-state index is 15.4. The van der Waals surface area contributed by atoms with E-state index in [1.807, 2.05) is 36.4 Å². The Labute approximate surface area is 313 Å². The highest BCUT2D eigenvalue weighted by molar-refractivity contribution is 6.32. The van der Waals surface area contributed by atoms with E-state index in [1.54, 1.807) is 42.7 Å². The molecule has 3 heterocycles. The Hall–Kier alpha value is -6.20. The molecule has 4 amide bonds. The molecule has 2 saturated heterocycles. The van der Waals surface area contributed by atoms with Crippen LogP contribution in [0.25, 0.3) is 0 Å². The molecule has 4 aromatic rings. The average molecular weight is 743 g/mol. The first-order valence-electron chi connectivity index (χ1n) is 17.5. The number of fused-ring (bicyclic) bond motifs is 5. The molecule has 3 aliphatic heterocycles. The van der Waals surface area contributed by atoms with Crippen molar-refractivity contribution in [1.82, 2.24) is 0 Å². The third-order valence-corrected chi connectivity index (χ3v) is 12.0. The zero-order valence-corrected chi connectivity index (χ0v) is 29.1. The van der Waals surface area contributed by atoms with Gasteiger partial charge in [0.2, 0.25) is 23.6 Å². The molecule has 11 nitrogen and oxygen atoms in total. The van der Waals surface area contributed by atoms with Crippen molar-refractivity contribution in [2.45, 2.75) is 24.7 Å². The highest BCUT2D eigenvalue weighted by atomic mass is 35.5. The Bertz CT molecular complexity index is 2410. The van der Waals surface area contributed by atoms with Crippen molar-refractivity contribution < 1.29 is 44.0 Å². The first-order valence-corrected chi connectivity index (χ1v) is 17.9. The van der Waals surface area contributed by atoms with Crippen molar-refractivity contribution in [3.05, 3.63) is 136 Å². The number of halogens is 1. The summed E-state index contributed by atoms with van der Waals surface area (Å²) < 4.78 is 6.16. The minimum absolute atomic E-state index is 0.0346. The summed E-state index contributed by atoms with van der Waals surface area (Å²) in [6, 6.07) is 24.0. The van der Waals surface area contributed by atoms with E-state index in [-0.39, 0.29) is 36.3 Å². The second-order valence-electron chi connectivity index (χ2n) is 14.4. The highest BCUT2D eigenvalue weighted by Gasteiger charge is 2.70. The van der Waals surface area contributed by atoms with Crippen LogP contribution < -0.4 is 14.5 Å². The number of anilines is 2. The van der Waals surface area contributed by atoms with E-state index >= 15 is 4.79 Å². The third kappa shape index (κ3) is 4.70. The Kier molecular flexibility index (Phi) is 7.58. The number of phenolic OH excluding ortho intramolecular Hbond substituents is 1. The number of ether oxygens (including phenoxy) is 1. The molecule has 54 heavy (non-hydrogen) atoms. The van der Waals surface area contributed by atoms with Gasteiger partial charge in [0.25, 0.3) is 0 Å². The topological polar surface area (TPSA) is 162 Å². The molecule has 270 valence electrons. The van der Waals surface area contributed by atoms with Gasteiger partial charge in [0, 0.05) is 29.0 Å². The lowest BCUT2D eigenvalue weighted by Crippen LogP contribution is -2.55. The smallest absolute Gasteiger partial charge is 0.339 e. The zero-order chi connectivity index (χ0) is 37.6. The first kappa shape index (κ1) is 33.6.